The number of nitrogens with zero attached hydrogens (tertiary/aromatic N) is 5. The number of aliphatic imine (C=N–C) groups is 1. The number of unbranched alkanes of at least 4 members (excludes halogenated alkanes) is 1. The highest BCUT2D eigenvalue weighted by Gasteiger charge is 2.14. The molecule has 1 fully saturated rings. The molecule has 8 heteroatoms. The van der Waals surface area contributed by atoms with Crippen LogP contribution in [-0.4, -0.2) is 84.4 Å². The van der Waals surface area contributed by atoms with Crippen LogP contribution in [0.1, 0.15) is 43.6 Å². The van der Waals surface area contributed by atoms with Crippen molar-refractivity contribution < 1.29 is 0 Å². The Labute approximate surface area is 194 Å². The highest BCUT2D eigenvalue weighted by molar-refractivity contribution is 14.0. The molecular weight excluding hydrogens is 477 g/mol. The average Bonchev–Trinajstić information content (AvgIpc) is 2.89. The lowest BCUT2D eigenvalue weighted by Crippen LogP contribution is -2.44. The third-order valence-electron chi connectivity index (χ3n) is 5.64. The van der Waals surface area contributed by atoms with Crippen LogP contribution in [0.15, 0.2) is 4.99 Å². The summed E-state index contributed by atoms with van der Waals surface area (Å²) in [6.45, 7) is 16.3. The monoisotopic (exact) mass is 519 g/mol. The van der Waals surface area contributed by atoms with Gasteiger partial charge in [0.2, 0.25) is 0 Å². The van der Waals surface area contributed by atoms with Crippen LogP contribution < -0.4 is 10.6 Å². The fourth-order valence-corrected chi connectivity index (χ4v) is 3.73. The smallest absolute Gasteiger partial charge is 0.191 e. The summed E-state index contributed by atoms with van der Waals surface area (Å²) < 4.78 is 1.97. The second-order valence-electron chi connectivity index (χ2n) is 8.14. The zero-order valence-electron chi connectivity index (χ0n) is 19.3. The average molecular weight is 520 g/mol. The van der Waals surface area contributed by atoms with Gasteiger partial charge in [-0.05, 0) is 66.1 Å². The SMILES string of the molecule is CCNC(=NCCCCN1CCN(C)CC1)NC(C)Cc1c(C)nn(C)c1C.I. The van der Waals surface area contributed by atoms with Crippen LogP contribution in [0, 0.1) is 13.8 Å². The van der Waals surface area contributed by atoms with E-state index >= 15 is 0 Å². The molecule has 1 aromatic heterocycles. The predicted molar refractivity (Wildman–Crippen MR) is 134 cm³/mol. The standard InChI is InChI=1S/C21H41N7.HI/c1-7-22-21(23-10-8-9-11-28-14-12-26(5)13-15-28)24-17(2)16-20-18(3)25-27(6)19(20)4;/h17H,7-16H2,1-6H3,(H2,22,23,24);1H. The molecular formula is C21H42IN7. The number of halogens is 1. The van der Waals surface area contributed by atoms with Crippen molar-refractivity contribution in [3.63, 3.8) is 0 Å². The first-order valence-corrected chi connectivity index (χ1v) is 10.9. The molecule has 2 N–H and O–H groups in total. The number of nitrogens with one attached hydrogen (secondary N) is 2. The van der Waals surface area contributed by atoms with Gasteiger partial charge in [-0.3, -0.25) is 9.67 Å². The topological polar surface area (TPSA) is 60.7 Å². The summed E-state index contributed by atoms with van der Waals surface area (Å²) in [7, 11) is 4.22. The molecule has 0 bridgehead atoms. The van der Waals surface area contributed by atoms with Crippen LogP contribution >= 0.6 is 24.0 Å². The molecule has 0 aromatic carbocycles. The van der Waals surface area contributed by atoms with E-state index in [-0.39, 0.29) is 24.0 Å². The van der Waals surface area contributed by atoms with Crippen LogP contribution in [0.25, 0.3) is 0 Å². The van der Waals surface area contributed by atoms with Gasteiger partial charge in [0.05, 0.1) is 5.69 Å². The Morgan fingerprint density at radius 2 is 1.83 bits per heavy atom. The van der Waals surface area contributed by atoms with Gasteiger partial charge in [0, 0.05) is 58.1 Å². The Hall–Kier alpha value is -0.870. The number of hydrogen-bond donors (Lipinski definition) is 2. The van der Waals surface area contributed by atoms with Gasteiger partial charge in [-0.2, -0.15) is 5.10 Å². The van der Waals surface area contributed by atoms with E-state index in [9.17, 15) is 0 Å². The number of guanidine groups is 1. The van der Waals surface area contributed by atoms with Crippen molar-refractivity contribution in [3.8, 4) is 0 Å². The summed E-state index contributed by atoms with van der Waals surface area (Å²) in [5.74, 6) is 0.925. The van der Waals surface area contributed by atoms with Crippen molar-refractivity contribution in [2.45, 2.75) is 53.0 Å². The second kappa shape index (κ2) is 13.4. The van der Waals surface area contributed by atoms with E-state index in [1.54, 1.807) is 0 Å². The largest absolute Gasteiger partial charge is 0.357 e. The van der Waals surface area contributed by atoms with Crippen molar-refractivity contribution >= 4 is 29.9 Å². The zero-order valence-corrected chi connectivity index (χ0v) is 21.6. The first kappa shape index (κ1) is 26.2. The Morgan fingerprint density at radius 3 is 2.41 bits per heavy atom. The maximum Gasteiger partial charge on any atom is 0.191 e. The van der Waals surface area contributed by atoms with E-state index in [1.807, 2.05) is 11.7 Å². The third kappa shape index (κ3) is 8.80. The highest BCUT2D eigenvalue weighted by atomic mass is 127. The summed E-state index contributed by atoms with van der Waals surface area (Å²) >= 11 is 0. The van der Waals surface area contributed by atoms with Gasteiger partial charge >= 0.3 is 0 Å². The highest BCUT2D eigenvalue weighted by Crippen LogP contribution is 2.14. The second-order valence-corrected chi connectivity index (χ2v) is 8.14. The van der Waals surface area contributed by atoms with Crippen LogP contribution in [0.4, 0.5) is 0 Å². The summed E-state index contributed by atoms with van der Waals surface area (Å²) in [6, 6.07) is 0.310. The summed E-state index contributed by atoms with van der Waals surface area (Å²) in [4.78, 5) is 9.77. The van der Waals surface area contributed by atoms with E-state index in [0.29, 0.717) is 6.04 Å². The molecule has 168 valence electrons. The van der Waals surface area contributed by atoms with Crippen molar-refractivity contribution in [2.75, 3.05) is 52.9 Å². The number of aryl methyl sites for hydroxylation is 2. The molecule has 1 saturated heterocycles. The van der Waals surface area contributed by atoms with E-state index in [1.165, 1.54) is 50.4 Å². The van der Waals surface area contributed by atoms with Gasteiger partial charge in [0.15, 0.2) is 5.96 Å². The van der Waals surface area contributed by atoms with E-state index in [4.69, 9.17) is 4.99 Å². The maximum absolute atomic E-state index is 4.79. The zero-order chi connectivity index (χ0) is 20.5. The van der Waals surface area contributed by atoms with Gasteiger partial charge in [0.25, 0.3) is 0 Å². The van der Waals surface area contributed by atoms with Crippen molar-refractivity contribution in [2.24, 2.45) is 12.0 Å². The summed E-state index contributed by atoms with van der Waals surface area (Å²) in [5, 5.41) is 11.5. The predicted octanol–water partition coefficient (Wildman–Crippen LogP) is 2.17. The third-order valence-corrected chi connectivity index (χ3v) is 5.64. The molecule has 0 aliphatic carbocycles. The molecule has 1 unspecified atom stereocenters. The lowest BCUT2D eigenvalue weighted by atomic mass is 10.1. The minimum Gasteiger partial charge on any atom is -0.357 e. The normalized spacial score (nSPS) is 17.1. The molecule has 7 nitrogen and oxygen atoms in total. The molecule has 0 saturated carbocycles. The van der Waals surface area contributed by atoms with Crippen molar-refractivity contribution in [3.05, 3.63) is 17.0 Å². The van der Waals surface area contributed by atoms with Gasteiger partial charge < -0.3 is 20.4 Å². The van der Waals surface area contributed by atoms with Gasteiger partial charge in [-0.25, -0.2) is 0 Å². The van der Waals surface area contributed by atoms with Crippen molar-refractivity contribution in [1.29, 1.82) is 0 Å². The molecule has 0 radical (unpaired) electrons. The number of likely N-dealkylation sites (N-methyl/N-ethyl adjacent to an activating group) is 1. The Morgan fingerprint density at radius 1 is 1.14 bits per heavy atom. The molecule has 0 spiro atoms. The van der Waals surface area contributed by atoms with Gasteiger partial charge in [-0.15, -0.1) is 24.0 Å². The van der Waals surface area contributed by atoms with Crippen LogP contribution in [-0.2, 0) is 13.5 Å². The lowest BCUT2D eigenvalue weighted by Gasteiger charge is -2.32. The first-order valence-electron chi connectivity index (χ1n) is 10.9. The van der Waals surface area contributed by atoms with Crippen LogP contribution in [0.5, 0.6) is 0 Å². The number of hydrogen-bond acceptors (Lipinski definition) is 4. The summed E-state index contributed by atoms with van der Waals surface area (Å²) in [6.07, 6.45) is 3.31. The summed E-state index contributed by atoms with van der Waals surface area (Å²) in [5.41, 5.74) is 3.71. The van der Waals surface area contributed by atoms with Gasteiger partial charge in [0.1, 0.15) is 0 Å². The Bertz CT molecular complexity index is 621. The lowest BCUT2D eigenvalue weighted by molar-refractivity contribution is 0.152. The fraction of sp³-hybridized carbons (Fsp3) is 0.810. The fourth-order valence-electron chi connectivity index (χ4n) is 3.73. The number of piperazine rings is 1. The van der Waals surface area contributed by atoms with E-state index in [2.05, 4.69) is 60.3 Å². The minimum atomic E-state index is 0. The molecule has 1 aliphatic heterocycles. The molecule has 29 heavy (non-hydrogen) atoms. The molecule has 1 aromatic rings. The quantitative estimate of drug-likeness (QED) is 0.227. The molecule has 1 aliphatic rings. The molecule has 0 amide bonds. The van der Waals surface area contributed by atoms with Gasteiger partial charge in [-0.1, -0.05) is 0 Å². The van der Waals surface area contributed by atoms with Crippen LogP contribution in [0.3, 0.4) is 0 Å². The molecule has 2 rings (SSSR count). The van der Waals surface area contributed by atoms with E-state index < -0.39 is 0 Å². The Balaban J connectivity index is 0.00000420. The number of aromatic nitrogens is 2. The van der Waals surface area contributed by atoms with Crippen LogP contribution in [0.2, 0.25) is 0 Å². The first-order chi connectivity index (χ1) is 13.4. The van der Waals surface area contributed by atoms with Crippen molar-refractivity contribution in [1.82, 2.24) is 30.2 Å². The molecule has 1 atom stereocenters. The minimum absolute atomic E-state index is 0. The molecule has 2 heterocycles. The Kier molecular flexibility index (Phi) is 12.1. The number of rotatable bonds is 9. The maximum atomic E-state index is 4.79. The van der Waals surface area contributed by atoms with E-state index in [0.717, 1.165) is 37.6 Å².